The number of hydrogen-bond donors (Lipinski definition) is 0. The van der Waals surface area contributed by atoms with Crippen molar-refractivity contribution >= 4 is 24.7 Å². The van der Waals surface area contributed by atoms with Crippen LogP contribution in [-0.2, 0) is 0 Å². The third kappa shape index (κ3) is 3.63. The third-order valence-corrected chi connectivity index (χ3v) is 6.82. The van der Waals surface area contributed by atoms with Crippen LogP contribution in [0.15, 0.2) is 22.7 Å². The van der Waals surface area contributed by atoms with Crippen LogP contribution in [0.1, 0.15) is 19.4 Å². The predicted molar refractivity (Wildman–Crippen MR) is 75.9 cm³/mol. The molecule has 0 saturated carbocycles. The summed E-state index contributed by atoms with van der Waals surface area (Å²) in [5.74, 6) is 0.969. The lowest BCUT2D eigenvalue weighted by atomic mass is 10.2. The van der Waals surface area contributed by atoms with Crippen LogP contribution in [0.25, 0.3) is 0 Å². The van der Waals surface area contributed by atoms with E-state index in [2.05, 4.69) is 55.9 Å². The zero-order valence-corrected chi connectivity index (χ0v) is 13.3. The SMILES string of the molecule is Cc1cc(OCC(C)(C)[Si](C)C)ccc1Br. The molecule has 89 valence electrons. The highest BCUT2D eigenvalue weighted by Crippen LogP contribution is 2.30. The highest BCUT2D eigenvalue weighted by molar-refractivity contribution is 9.10. The Labute approximate surface area is 109 Å². The molecule has 16 heavy (non-hydrogen) atoms. The van der Waals surface area contributed by atoms with E-state index in [-0.39, 0.29) is 8.80 Å². The van der Waals surface area contributed by atoms with Crippen molar-refractivity contribution in [2.24, 2.45) is 0 Å². The van der Waals surface area contributed by atoms with Gasteiger partial charge in [-0.2, -0.15) is 0 Å². The van der Waals surface area contributed by atoms with Gasteiger partial charge in [0.2, 0.25) is 0 Å². The van der Waals surface area contributed by atoms with Gasteiger partial charge in [-0.1, -0.05) is 42.9 Å². The van der Waals surface area contributed by atoms with Gasteiger partial charge in [0.1, 0.15) is 5.75 Å². The maximum atomic E-state index is 5.87. The van der Waals surface area contributed by atoms with Crippen LogP contribution in [-0.4, -0.2) is 15.4 Å². The van der Waals surface area contributed by atoms with Gasteiger partial charge >= 0.3 is 0 Å². The van der Waals surface area contributed by atoms with Crippen LogP contribution >= 0.6 is 15.9 Å². The summed E-state index contributed by atoms with van der Waals surface area (Å²) in [6.07, 6.45) is 0. The Kier molecular flexibility index (Phi) is 4.62. The zero-order valence-electron chi connectivity index (χ0n) is 10.7. The van der Waals surface area contributed by atoms with E-state index in [1.54, 1.807) is 0 Å². The smallest absolute Gasteiger partial charge is 0.119 e. The normalized spacial score (nSPS) is 11.9. The molecule has 0 N–H and O–H groups in total. The number of ether oxygens (including phenoxy) is 1. The molecule has 1 radical (unpaired) electrons. The van der Waals surface area contributed by atoms with Crippen molar-refractivity contribution in [1.29, 1.82) is 0 Å². The monoisotopic (exact) mass is 299 g/mol. The lowest BCUT2D eigenvalue weighted by Crippen LogP contribution is -2.27. The molecule has 0 aliphatic carbocycles. The summed E-state index contributed by atoms with van der Waals surface area (Å²) in [6.45, 7) is 12.1. The van der Waals surface area contributed by atoms with Crippen molar-refractivity contribution in [2.45, 2.75) is 38.9 Å². The second kappa shape index (κ2) is 5.37. The van der Waals surface area contributed by atoms with Gasteiger partial charge in [0.05, 0.1) is 15.4 Å². The molecule has 0 atom stereocenters. The predicted octanol–water partition coefficient (Wildman–Crippen LogP) is 4.67. The molecule has 0 aromatic heterocycles. The Hall–Kier alpha value is -0.283. The van der Waals surface area contributed by atoms with Crippen LogP contribution in [0.4, 0.5) is 0 Å². The van der Waals surface area contributed by atoms with Crippen LogP contribution in [0.3, 0.4) is 0 Å². The van der Waals surface area contributed by atoms with E-state index in [1.807, 2.05) is 12.1 Å². The van der Waals surface area contributed by atoms with E-state index < -0.39 is 0 Å². The van der Waals surface area contributed by atoms with Gasteiger partial charge in [-0.3, -0.25) is 0 Å². The number of rotatable bonds is 4. The van der Waals surface area contributed by atoms with Crippen molar-refractivity contribution in [3.8, 4) is 5.75 Å². The summed E-state index contributed by atoms with van der Waals surface area (Å²) in [6, 6.07) is 6.14. The minimum atomic E-state index is -0.333. The number of halogens is 1. The van der Waals surface area contributed by atoms with Gasteiger partial charge in [-0.05, 0) is 35.7 Å². The van der Waals surface area contributed by atoms with Gasteiger partial charge in [0.25, 0.3) is 0 Å². The van der Waals surface area contributed by atoms with Gasteiger partial charge in [0.15, 0.2) is 0 Å². The van der Waals surface area contributed by atoms with Gasteiger partial charge in [-0.25, -0.2) is 0 Å². The molecule has 0 aliphatic heterocycles. The Bertz CT molecular complexity index is 361. The topological polar surface area (TPSA) is 9.23 Å². The number of aryl methyl sites for hydroxylation is 1. The minimum Gasteiger partial charge on any atom is -0.493 e. The molecule has 1 nitrogen and oxygen atoms in total. The molecule has 1 rings (SSSR count). The second-order valence-electron chi connectivity index (χ2n) is 5.08. The first kappa shape index (κ1) is 13.8. The Morgan fingerprint density at radius 1 is 1.31 bits per heavy atom. The highest BCUT2D eigenvalue weighted by atomic mass is 79.9. The van der Waals surface area contributed by atoms with E-state index in [9.17, 15) is 0 Å². The maximum Gasteiger partial charge on any atom is 0.119 e. The molecule has 1 aromatic carbocycles. The van der Waals surface area contributed by atoms with Crippen LogP contribution in [0.2, 0.25) is 18.1 Å². The first-order chi connectivity index (χ1) is 7.33. The summed E-state index contributed by atoms with van der Waals surface area (Å²) in [7, 11) is -0.333. The molecule has 0 amide bonds. The summed E-state index contributed by atoms with van der Waals surface area (Å²) < 4.78 is 7.01. The lowest BCUT2D eigenvalue weighted by Gasteiger charge is -2.27. The van der Waals surface area contributed by atoms with Crippen molar-refractivity contribution in [1.82, 2.24) is 0 Å². The van der Waals surface area contributed by atoms with Gasteiger partial charge in [0, 0.05) is 4.47 Å². The van der Waals surface area contributed by atoms with Crippen molar-refractivity contribution in [3.63, 3.8) is 0 Å². The summed E-state index contributed by atoms with van der Waals surface area (Å²) in [4.78, 5) is 0. The number of hydrogen-bond acceptors (Lipinski definition) is 1. The molecular weight excluding hydrogens is 280 g/mol. The third-order valence-electron chi connectivity index (χ3n) is 3.08. The average molecular weight is 300 g/mol. The standard InChI is InChI=1S/C13H20BrOSi/c1-10-8-11(6-7-12(10)14)15-9-13(2,3)16(4)5/h6-8H,9H2,1-5H3. The summed E-state index contributed by atoms with van der Waals surface area (Å²) in [5, 5.41) is 0.311. The molecule has 1 aromatic rings. The second-order valence-corrected chi connectivity index (χ2v) is 9.29. The molecule has 0 bridgehead atoms. The first-order valence-corrected chi connectivity index (χ1v) is 8.82. The Morgan fingerprint density at radius 3 is 2.44 bits per heavy atom. The lowest BCUT2D eigenvalue weighted by molar-refractivity contribution is 0.276. The largest absolute Gasteiger partial charge is 0.493 e. The molecule has 0 heterocycles. The molecule has 3 heteroatoms. The molecule has 0 fully saturated rings. The molecule has 0 unspecified atom stereocenters. The van der Waals surface area contributed by atoms with Crippen LogP contribution in [0, 0.1) is 6.92 Å². The summed E-state index contributed by atoms with van der Waals surface area (Å²) in [5.41, 5.74) is 1.22. The van der Waals surface area contributed by atoms with Gasteiger partial charge < -0.3 is 4.74 Å². The van der Waals surface area contributed by atoms with Crippen LogP contribution < -0.4 is 4.74 Å². The highest BCUT2D eigenvalue weighted by Gasteiger charge is 2.24. The molecular formula is C13H20BrOSi. The van der Waals surface area contributed by atoms with Crippen molar-refractivity contribution in [2.75, 3.05) is 6.61 Å². The minimum absolute atomic E-state index is 0.311. The number of benzene rings is 1. The van der Waals surface area contributed by atoms with Crippen molar-refractivity contribution in [3.05, 3.63) is 28.2 Å². The molecule has 0 saturated heterocycles. The fraction of sp³-hybridized carbons (Fsp3) is 0.538. The maximum absolute atomic E-state index is 5.87. The summed E-state index contributed by atoms with van der Waals surface area (Å²) >= 11 is 3.49. The average Bonchev–Trinajstić information content (AvgIpc) is 2.20. The zero-order chi connectivity index (χ0) is 12.3. The fourth-order valence-corrected chi connectivity index (χ4v) is 1.72. The van der Waals surface area contributed by atoms with Crippen molar-refractivity contribution < 1.29 is 4.74 Å². The first-order valence-electron chi connectivity index (χ1n) is 5.52. The van der Waals surface area contributed by atoms with E-state index in [1.165, 1.54) is 5.56 Å². The fourth-order valence-electron chi connectivity index (χ4n) is 1.12. The molecule has 0 aliphatic rings. The van der Waals surface area contributed by atoms with E-state index in [0.717, 1.165) is 16.8 Å². The van der Waals surface area contributed by atoms with E-state index in [4.69, 9.17) is 4.74 Å². The van der Waals surface area contributed by atoms with E-state index in [0.29, 0.717) is 5.04 Å². The quantitative estimate of drug-likeness (QED) is 0.734. The Morgan fingerprint density at radius 2 is 1.94 bits per heavy atom. The Balaban J connectivity index is 2.65. The van der Waals surface area contributed by atoms with E-state index >= 15 is 0 Å². The van der Waals surface area contributed by atoms with Crippen LogP contribution in [0.5, 0.6) is 5.75 Å². The van der Waals surface area contributed by atoms with Gasteiger partial charge in [-0.15, -0.1) is 0 Å². The molecule has 0 spiro atoms.